The Morgan fingerprint density at radius 2 is 1.86 bits per heavy atom. The molecule has 2 nitrogen and oxygen atoms in total. The van der Waals surface area contributed by atoms with Gasteiger partial charge < -0.3 is 9.84 Å². The molecule has 0 aromatic rings. The molecule has 0 unspecified atom stereocenters. The SMILES string of the molecule is C=C[C@]1(CO)O[C@@H](C)C(C)(C)C1(C)C. The maximum atomic E-state index is 9.51. The minimum absolute atomic E-state index is 0.00271. The van der Waals surface area contributed by atoms with Gasteiger partial charge in [0.2, 0.25) is 0 Å². The van der Waals surface area contributed by atoms with Gasteiger partial charge in [-0.15, -0.1) is 6.58 Å². The fourth-order valence-corrected chi connectivity index (χ4v) is 2.27. The predicted molar refractivity (Wildman–Crippen MR) is 58.1 cm³/mol. The molecule has 0 aromatic carbocycles. The van der Waals surface area contributed by atoms with Crippen LogP contribution in [-0.2, 0) is 4.74 Å². The van der Waals surface area contributed by atoms with Crippen molar-refractivity contribution in [3.05, 3.63) is 12.7 Å². The van der Waals surface area contributed by atoms with E-state index in [-0.39, 0.29) is 23.5 Å². The fraction of sp³-hybridized carbons (Fsp3) is 0.833. The molecule has 1 saturated heterocycles. The second-order valence-electron chi connectivity index (χ2n) is 5.36. The summed E-state index contributed by atoms with van der Waals surface area (Å²) >= 11 is 0. The van der Waals surface area contributed by atoms with Crippen molar-refractivity contribution in [2.24, 2.45) is 10.8 Å². The van der Waals surface area contributed by atoms with E-state index in [9.17, 15) is 5.11 Å². The standard InChI is InChI=1S/C12H22O2/c1-7-12(8-13)11(5,6)10(3,4)9(2)14-12/h7,9,13H,1,8H2,2-6H3/t9-,12+/m0/s1. The highest BCUT2D eigenvalue weighted by Gasteiger charge is 2.61. The molecule has 0 aliphatic carbocycles. The Labute approximate surface area is 87.0 Å². The molecule has 0 bridgehead atoms. The van der Waals surface area contributed by atoms with Crippen LogP contribution in [0.4, 0.5) is 0 Å². The van der Waals surface area contributed by atoms with Crippen LogP contribution in [0, 0.1) is 10.8 Å². The fourth-order valence-electron chi connectivity index (χ4n) is 2.27. The Balaban J connectivity index is 3.22. The minimum Gasteiger partial charge on any atom is -0.393 e. The molecule has 82 valence electrons. The third kappa shape index (κ3) is 1.10. The van der Waals surface area contributed by atoms with Crippen LogP contribution in [0.1, 0.15) is 34.6 Å². The van der Waals surface area contributed by atoms with Gasteiger partial charge >= 0.3 is 0 Å². The van der Waals surface area contributed by atoms with E-state index in [0.717, 1.165) is 0 Å². The van der Waals surface area contributed by atoms with Crippen molar-refractivity contribution in [3.63, 3.8) is 0 Å². The molecule has 1 aliphatic rings. The lowest BCUT2D eigenvalue weighted by molar-refractivity contribution is -0.0706. The van der Waals surface area contributed by atoms with Crippen molar-refractivity contribution < 1.29 is 9.84 Å². The van der Waals surface area contributed by atoms with E-state index >= 15 is 0 Å². The van der Waals surface area contributed by atoms with Gasteiger partial charge in [-0.3, -0.25) is 0 Å². The van der Waals surface area contributed by atoms with Crippen molar-refractivity contribution in [2.45, 2.75) is 46.3 Å². The molecule has 1 fully saturated rings. The Kier molecular flexibility index (Phi) is 2.58. The molecule has 2 heteroatoms. The Bertz CT molecular complexity index is 243. The molecule has 0 amide bonds. The zero-order chi connectivity index (χ0) is 11.2. The van der Waals surface area contributed by atoms with Gasteiger partial charge in [0.25, 0.3) is 0 Å². The summed E-state index contributed by atoms with van der Waals surface area (Å²) in [4.78, 5) is 0. The monoisotopic (exact) mass is 198 g/mol. The van der Waals surface area contributed by atoms with E-state index in [1.807, 2.05) is 0 Å². The smallest absolute Gasteiger partial charge is 0.115 e. The summed E-state index contributed by atoms with van der Waals surface area (Å²) < 4.78 is 5.91. The molecule has 1 rings (SSSR count). The summed E-state index contributed by atoms with van der Waals surface area (Å²) in [7, 11) is 0. The number of hydrogen-bond donors (Lipinski definition) is 1. The molecule has 14 heavy (non-hydrogen) atoms. The van der Waals surface area contributed by atoms with Crippen molar-refractivity contribution in [3.8, 4) is 0 Å². The van der Waals surface area contributed by atoms with E-state index in [1.54, 1.807) is 6.08 Å². The largest absolute Gasteiger partial charge is 0.393 e. The van der Waals surface area contributed by atoms with Crippen molar-refractivity contribution in [1.29, 1.82) is 0 Å². The molecule has 0 saturated carbocycles. The zero-order valence-electron chi connectivity index (χ0n) is 9.92. The predicted octanol–water partition coefficient (Wildman–Crippen LogP) is 2.37. The van der Waals surface area contributed by atoms with E-state index in [2.05, 4.69) is 41.2 Å². The third-order valence-electron chi connectivity index (χ3n) is 4.64. The van der Waals surface area contributed by atoms with Crippen molar-refractivity contribution in [2.75, 3.05) is 6.61 Å². The molecule has 1 aliphatic heterocycles. The first kappa shape index (κ1) is 11.7. The highest BCUT2D eigenvalue weighted by molar-refractivity contribution is 5.17. The number of ether oxygens (including phenoxy) is 1. The topological polar surface area (TPSA) is 29.5 Å². The highest BCUT2D eigenvalue weighted by Crippen LogP contribution is 2.58. The summed E-state index contributed by atoms with van der Waals surface area (Å²) in [5.41, 5.74) is -0.685. The molecular formula is C12H22O2. The molecule has 0 radical (unpaired) electrons. The van der Waals surface area contributed by atoms with E-state index in [4.69, 9.17) is 4.74 Å². The average Bonchev–Trinajstić information content (AvgIpc) is 2.24. The van der Waals surface area contributed by atoms with Gasteiger partial charge in [-0.05, 0) is 12.3 Å². The van der Waals surface area contributed by atoms with Gasteiger partial charge in [-0.1, -0.05) is 33.8 Å². The molecule has 1 N–H and O–H groups in total. The van der Waals surface area contributed by atoms with E-state index in [0.29, 0.717) is 0 Å². The van der Waals surface area contributed by atoms with Crippen LogP contribution in [0.3, 0.4) is 0 Å². The van der Waals surface area contributed by atoms with E-state index in [1.165, 1.54) is 0 Å². The summed E-state index contributed by atoms with van der Waals surface area (Å²) in [5, 5.41) is 9.51. The van der Waals surface area contributed by atoms with Crippen LogP contribution in [-0.4, -0.2) is 23.4 Å². The van der Waals surface area contributed by atoms with Crippen LogP contribution in [0.15, 0.2) is 12.7 Å². The van der Waals surface area contributed by atoms with Crippen LogP contribution in [0.25, 0.3) is 0 Å². The third-order valence-corrected chi connectivity index (χ3v) is 4.64. The number of rotatable bonds is 2. The van der Waals surface area contributed by atoms with Gasteiger partial charge in [0.15, 0.2) is 0 Å². The van der Waals surface area contributed by atoms with Gasteiger partial charge in [0.05, 0.1) is 12.7 Å². The summed E-state index contributed by atoms with van der Waals surface area (Å²) in [6.45, 7) is 14.5. The first-order chi connectivity index (χ1) is 6.25. The first-order valence-electron chi connectivity index (χ1n) is 5.17. The number of hydrogen-bond acceptors (Lipinski definition) is 2. The van der Waals surface area contributed by atoms with E-state index < -0.39 is 5.60 Å². The van der Waals surface area contributed by atoms with Crippen LogP contribution < -0.4 is 0 Å². The Hall–Kier alpha value is -0.340. The van der Waals surface area contributed by atoms with Gasteiger partial charge in [0, 0.05) is 5.41 Å². The highest BCUT2D eigenvalue weighted by atomic mass is 16.5. The molecule has 2 atom stereocenters. The van der Waals surface area contributed by atoms with Gasteiger partial charge in [0.1, 0.15) is 5.60 Å². The summed E-state index contributed by atoms with van der Waals surface area (Å²) in [6.07, 6.45) is 1.88. The lowest BCUT2D eigenvalue weighted by Crippen LogP contribution is -2.48. The molecular weight excluding hydrogens is 176 g/mol. The molecule has 0 spiro atoms. The van der Waals surface area contributed by atoms with Gasteiger partial charge in [-0.25, -0.2) is 0 Å². The lowest BCUT2D eigenvalue weighted by atomic mass is 9.60. The van der Waals surface area contributed by atoms with Crippen LogP contribution in [0.5, 0.6) is 0 Å². The second-order valence-corrected chi connectivity index (χ2v) is 5.36. The number of aliphatic hydroxyl groups excluding tert-OH is 1. The van der Waals surface area contributed by atoms with Crippen LogP contribution >= 0.6 is 0 Å². The minimum atomic E-state index is -0.601. The van der Waals surface area contributed by atoms with Crippen LogP contribution in [0.2, 0.25) is 0 Å². The van der Waals surface area contributed by atoms with Crippen molar-refractivity contribution >= 4 is 0 Å². The Morgan fingerprint density at radius 3 is 2.00 bits per heavy atom. The average molecular weight is 198 g/mol. The lowest BCUT2D eigenvalue weighted by Gasteiger charge is -2.43. The maximum absolute atomic E-state index is 9.51. The maximum Gasteiger partial charge on any atom is 0.115 e. The quantitative estimate of drug-likeness (QED) is 0.690. The first-order valence-corrected chi connectivity index (χ1v) is 5.17. The Morgan fingerprint density at radius 1 is 1.36 bits per heavy atom. The summed E-state index contributed by atoms with van der Waals surface area (Å²) in [6, 6.07) is 0. The summed E-state index contributed by atoms with van der Waals surface area (Å²) in [5.74, 6) is 0. The second kappa shape index (κ2) is 3.07. The zero-order valence-corrected chi connectivity index (χ0v) is 9.92. The van der Waals surface area contributed by atoms with Gasteiger partial charge in [-0.2, -0.15) is 0 Å². The van der Waals surface area contributed by atoms with Crippen molar-refractivity contribution in [1.82, 2.24) is 0 Å². The number of aliphatic hydroxyl groups is 1. The molecule has 0 aromatic heterocycles. The molecule has 1 heterocycles. The normalized spacial score (nSPS) is 39.7.